The molecule has 0 rings (SSSR count). The summed E-state index contributed by atoms with van der Waals surface area (Å²) in [5.41, 5.74) is 0. The molecule has 0 aliphatic heterocycles. The van der Waals surface area contributed by atoms with Crippen LogP contribution in [-0.2, 0) is 4.79 Å². The first-order chi connectivity index (χ1) is 8.81. The van der Waals surface area contributed by atoms with E-state index >= 15 is 0 Å². The van der Waals surface area contributed by atoms with Crippen LogP contribution in [0.15, 0.2) is 12.2 Å². The molecule has 0 heterocycles. The lowest BCUT2D eigenvalue weighted by molar-refractivity contribution is -0.114. The number of carbonyl (C=O) groups excluding carboxylic acids is 1. The maximum Gasteiger partial charge on any atom is 0.155 e. The molecular formula is C17H32O. The number of allylic oxidation sites excluding steroid dienone is 2. The van der Waals surface area contributed by atoms with Crippen molar-refractivity contribution in [3.05, 3.63) is 12.2 Å². The van der Waals surface area contributed by atoms with Crippen LogP contribution in [0.3, 0.4) is 0 Å². The summed E-state index contributed by atoms with van der Waals surface area (Å²) in [6.45, 7) is 4.39. The summed E-state index contributed by atoms with van der Waals surface area (Å²) in [6.07, 6.45) is 18.5. The van der Waals surface area contributed by atoms with Crippen LogP contribution in [-0.4, -0.2) is 5.78 Å². The zero-order chi connectivity index (χ0) is 13.5. The Labute approximate surface area is 114 Å². The molecule has 0 N–H and O–H groups in total. The van der Waals surface area contributed by atoms with Gasteiger partial charge in [0, 0.05) is 6.42 Å². The SMILES string of the molecule is CCCC=CC(=O)CCCCCCCCCCC. The van der Waals surface area contributed by atoms with Gasteiger partial charge in [0.05, 0.1) is 0 Å². The zero-order valence-electron chi connectivity index (χ0n) is 12.5. The summed E-state index contributed by atoms with van der Waals surface area (Å²) >= 11 is 0. The third-order valence-corrected chi connectivity index (χ3v) is 3.29. The minimum atomic E-state index is 0.311. The van der Waals surface area contributed by atoms with Gasteiger partial charge in [-0.15, -0.1) is 0 Å². The van der Waals surface area contributed by atoms with E-state index in [1.54, 1.807) is 6.08 Å². The molecule has 0 aromatic rings. The van der Waals surface area contributed by atoms with Crippen molar-refractivity contribution in [1.29, 1.82) is 0 Å². The summed E-state index contributed by atoms with van der Waals surface area (Å²) in [5.74, 6) is 0.311. The van der Waals surface area contributed by atoms with E-state index in [2.05, 4.69) is 13.8 Å². The zero-order valence-corrected chi connectivity index (χ0v) is 12.5. The third kappa shape index (κ3) is 13.5. The Hall–Kier alpha value is -0.590. The van der Waals surface area contributed by atoms with Crippen LogP contribution in [0.1, 0.15) is 90.9 Å². The maximum absolute atomic E-state index is 11.4. The Kier molecular flexibility index (Phi) is 14.0. The van der Waals surface area contributed by atoms with Crippen molar-refractivity contribution in [3.63, 3.8) is 0 Å². The fourth-order valence-electron chi connectivity index (χ4n) is 2.07. The molecule has 0 aliphatic rings. The highest BCUT2D eigenvalue weighted by Gasteiger charge is 1.97. The highest BCUT2D eigenvalue weighted by molar-refractivity contribution is 5.89. The molecule has 0 aliphatic carbocycles. The van der Waals surface area contributed by atoms with Crippen molar-refractivity contribution in [2.75, 3.05) is 0 Å². The first-order valence-electron chi connectivity index (χ1n) is 8.00. The lowest BCUT2D eigenvalue weighted by Gasteiger charge is -2.01. The molecule has 0 aromatic heterocycles. The van der Waals surface area contributed by atoms with Crippen LogP contribution in [0, 0.1) is 0 Å². The fraction of sp³-hybridized carbons (Fsp3) is 0.824. The van der Waals surface area contributed by atoms with Crippen LogP contribution < -0.4 is 0 Å². The monoisotopic (exact) mass is 252 g/mol. The molecule has 0 aromatic carbocycles. The van der Waals surface area contributed by atoms with Gasteiger partial charge in [0.1, 0.15) is 0 Å². The van der Waals surface area contributed by atoms with Crippen LogP contribution in [0.25, 0.3) is 0 Å². The van der Waals surface area contributed by atoms with Gasteiger partial charge in [-0.05, 0) is 18.9 Å². The van der Waals surface area contributed by atoms with Crippen molar-refractivity contribution in [2.24, 2.45) is 0 Å². The summed E-state index contributed by atoms with van der Waals surface area (Å²) in [6, 6.07) is 0. The van der Waals surface area contributed by atoms with E-state index in [1.807, 2.05) is 6.08 Å². The molecule has 1 heteroatoms. The number of rotatable bonds is 13. The van der Waals surface area contributed by atoms with E-state index in [1.165, 1.54) is 51.4 Å². The van der Waals surface area contributed by atoms with Crippen molar-refractivity contribution in [2.45, 2.75) is 90.9 Å². The predicted octanol–water partition coefficient (Wildman–Crippen LogP) is 5.83. The van der Waals surface area contributed by atoms with E-state index in [9.17, 15) is 4.79 Å². The Morgan fingerprint density at radius 3 is 1.89 bits per heavy atom. The summed E-state index contributed by atoms with van der Waals surface area (Å²) in [5, 5.41) is 0. The molecule has 0 amide bonds. The molecule has 0 atom stereocenters. The van der Waals surface area contributed by atoms with Crippen LogP contribution in [0.2, 0.25) is 0 Å². The van der Waals surface area contributed by atoms with Gasteiger partial charge >= 0.3 is 0 Å². The number of hydrogen-bond acceptors (Lipinski definition) is 1. The van der Waals surface area contributed by atoms with Gasteiger partial charge in [0.15, 0.2) is 5.78 Å². The molecule has 1 nitrogen and oxygen atoms in total. The van der Waals surface area contributed by atoms with Crippen molar-refractivity contribution < 1.29 is 4.79 Å². The Morgan fingerprint density at radius 2 is 1.33 bits per heavy atom. The molecule has 0 unspecified atom stereocenters. The van der Waals surface area contributed by atoms with E-state index in [0.717, 1.165) is 25.7 Å². The summed E-state index contributed by atoms with van der Waals surface area (Å²) < 4.78 is 0. The molecular weight excluding hydrogens is 220 g/mol. The Morgan fingerprint density at radius 1 is 0.778 bits per heavy atom. The molecule has 0 fully saturated rings. The average molecular weight is 252 g/mol. The second kappa shape index (κ2) is 14.5. The Balaban J connectivity index is 3.17. The van der Waals surface area contributed by atoms with E-state index < -0.39 is 0 Å². The van der Waals surface area contributed by atoms with Crippen LogP contribution in [0.5, 0.6) is 0 Å². The average Bonchev–Trinajstić information content (AvgIpc) is 2.37. The van der Waals surface area contributed by atoms with Gasteiger partial charge in [-0.25, -0.2) is 0 Å². The molecule has 0 spiro atoms. The maximum atomic E-state index is 11.4. The lowest BCUT2D eigenvalue weighted by atomic mass is 10.1. The fourth-order valence-corrected chi connectivity index (χ4v) is 2.07. The predicted molar refractivity (Wildman–Crippen MR) is 80.9 cm³/mol. The number of ketones is 1. The van der Waals surface area contributed by atoms with Crippen LogP contribution in [0.4, 0.5) is 0 Å². The smallest absolute Gasteiger partial charge is 0.155 e. The molecule has 0 saturated carbocycles. The van der Waals surface area contributed by atoms with Gasteiger partial charge in [0.2, 0.25) is 0 Å². The lowest BCUT2D eigenvalue weighted by Crippen LogP contribution is -1.92. The summed E-state index contributed by atoms with van der Waals surface area (Å²) in [7, 11) is 0. The highest BCUT2D eigenvalue weighted by Crippen LogP contribution is 2.10. The van der Waals surface area contributed by atoms with Crippen molar-refractivity contribution in [1.82, 2.24) is 0 Å². The first-order valence-corrected chi connectivity index (χ1v) is 8.00. The van der Waals surface area contributed by atoms with Gasteiger partial charge in [-0.1, -0.05) is 77.7 Å². The van der Waals surface area contributed by atoms with Gasteiger partial charge in [0.25, 0.3) is 0 Å². The molecule has 0 bridgehead atoms. The van der Waals surface area contributed by atoms with Gasteiger partial charge < -0.3 is 0 Å². The number of carbonyl (C=O) groups is 1. The highest BCUT2D eigenvalue weighted by atomic mass is 16.1. The second-order valence-electron chi connectivity index (χ2n) is 5.24. The Bertz CT molecular complexity index is 206. The van der Waals surface area contributed by atoms with Crippen molar-refractivity contribution in [3.8, 4) is 0 Å². The first kappa shape index (κ1) is 17.4. The van der Waals surface area contributed by atoms with Gasteiger partial charge in [-0.2, -0.15) is 0 Å². The number of hydrogen-bond donors (Lipinski definition) is 0. The molecule has 106 valence electrons. The topological polar surface area (TPSA) is 17.1 Å². The van der Waals surface area contributed by atoms with E-state index in [4.69, 9.17) is 0 Å². The third-order valence-electron chi connectivity index (χ3n) is 3.29. The standard InChI is InChI=1S/C17H32O/c1-3-5-7-8-9-10-11-12-14-16-17(18)15-13-6-4-2/h13,15H,3-12,14,16H2,1-2H3. The van der Waals surface area contributed by atoms with Crippen LogP contribution >= 0.6 is 0 Å². The molecule has 0 radical (unpaired) electrons. The quantitative estimate of drug-likeness (QED) is 0.297. The minimum absolute atomic E-state index is 0.311. The van der Waals surface area contributed by atoms with Gasteiger partial charge in [-0.3, -0.25) is 4.79 Å². The second-order valence-corrected chi connectivity index (χ2v) is 5.24. The van der Waals surface area contributed by atoms with E-state index in [-0.39, 0.29) is 0 Å². The van der Waals surface area contributed by atoms with E-state index in [0.29, 0.717) is 5.78 Å². The normalized spacial score (nSPS) is 11.2. The molecule has 18 heavy (non-hydrogen) atoms. The molecule has 0 saturated heterocycles. The largest absolute Gasteiger partial charge is 0.295 e. The number of unbranched alkanes of at least 4 members (excludes halogenated alkanes) is 9. The summed E-state index contributed by atoms with van der Waals surface area (Å²) in [4.78, 5) is 11.4. The minimum Gasteiger partial charge on any atom is -0.295 e. The van der Waals surface area contributed by atoms with Crippen molar-refractivity contribution >= 4 is 5.78 Å².